The lowest BCUT2D eigenvalue weighted by molar-refractivity contribution is -0.191. The first-order valence-electron chi connectivity index (χ1n) is 3.25. The van der Waals surface area contributed by atoms with Crippen LogP contribution in [0.5, 0.6) is 0 Å². The summed E-state index contributed by atoms with van der Waals surface area (Å²) in [4.78, 5) is 10.6. The largest absolute Gasteiger partial charge is 0.481 e. The van der Waals surface area contributed by atoms with Crippen LogP contribution in [-0.2, 0) is 14.3 Å². The maximum atomic E-state index is 10.6. The SMILES string of the molecule is COC(OC)C(C)(C)C(=O)O. The van der Waals surface area contributed by atoms with E-state index in [4.69, 9.17) is 14.6 Å². The predicted molar refractivity (Wildman–Crippen MR) is 39.2 cm³/mol. The summed E-state index contributed by atoms with van der Waals surface area (Å²) in [5, 5.41) is 8.71. The van der Waals surface area contributed by atoms with Crippen LogP contribution in [-0.4, -0.2) is 31.6 Å². The molecule has 0 aromatic carbocycles. The number of rotatable bonds is 4. The van der Waals surface area contributed by atoms with Crippen molar-refractivity contribution in [3.8, 4) is 0 Å². The molecule has 0 aliphatic carbocycles. The lowest BCUT2D eigenvalue weighted by Gasteiger charge is -2.27. The number of hydrogen-bond acceptors (Lipinski definition) is 3. The van der Waals surface area contributed by atoms with Crippen LogP contribution in [0, 0.1) is 5.41 Å². The zero-order valence-electron chi connectivity index (χ0n) is 7.25. The molecule has 4 nitrogen and oxygen atoms in total. The van der Waals surface area contributed by atoms with Crippen LogP contribution in [0.3, 0.4) is 0 Å². The zero-order valence-corrected chi connectivity index (χ0v) is 7.25. The molecule has 0 aliphatic heterocycles. The molecule has 0 bridgehead atoms. The van der Waals surface area contributed by atoms with Gasteiger partial charge in [-0.3, -0.25) is 4.79 Å². The third-order valence-corrected chi connectivity index (χ3v) is 1.57. The van der Waals surface area contributed by atoms with Gasteiger partial charge in [-0.05, 0) is 13.8 Å². The number of hydrogen-bond donors (Lipinski definition) is 1. The molecule has 0 saturated heterocycles. The van der Waals surface area contributed by atoms with Gasteiger partial charge in [0.1, 0.15) is 5.41 Å². The van der Waals surface area contributed by atoms with Crippen molar-refractivity contribution in [2.24, 2.45) is 5.41 Å². The minimum atomic E-state index is -1.01. The van der Waals surface area contributed by atoms with E-state index in [1.165, 1.54) is 14.2 Å². The third kappa shape index (κ3) is 2.17. The van der Waals surface area contributed by atoms with Gasteiger partial charge in [0.2, 0.25) is 0 Å². The summed E-state index contributed by atoms with van der Waals surface area (Å²) in [6.45, 7) is 3.10. The van der Waals surface area contributed by atoms with E-state index in [0.29, 0.717) is 0 Å². The molecule has 0 aliphatic rings. The van der Waals surface area contributed by atoms with E-state index in [1.54, 1.807) is 13.8 Å². The van der Waals surface area contributed by atoms with Crippen LogP contribution in [0.15, 0.2) is 0 Å². The molecule has 0 saturated carbocycles. The molecule has 0 radical (unpaired) electrons. The molecular weight excluding hydrogens is 148 g/mol. The van der Waals surface area contributed by atoms with Crippen LogP contribution in [0.1, 0.15) is 13.8 Å². The highest BCUT2D eigenvalue weighted by Crippen LogP contribution is 2.23. The van der Waals surface area contributed by atoms with Crippen molar-refractivity contribution in [2.75, 3.05) is 14.2 Å². The molecule has 1 N–H and O–H groups in total. The van der Waals surface area contributed by atoms with Crippen LogP contribution in [0.4, 0.5) is 0 Å². The van der Waals surface area contributed by atoms with Gasteiger partial charge in [0, 0.05) is 14.2 Å². The molecule has 0 unspecified atom stereocenters. The van der Waals surface area contributed by atoms with E-state index >= 15 is 0 Å². The normalized spacial score (nSPS) is 12.1. The highest BCUT2D eigenvalue weighted by atomic mass is 16.7. The quantitative estimate of drug-likeness (QED) is 0.619. The van der Waals surface area contributed by atoms with Crippen LogP contribution in [0.2, 0.25) is 0 Å². The van der Waals surface area contributed by atoms with Crippen molar-refractivity contribution in [3.05, 3.63) is 0 Å². The number of aliphatic carboxylic acids is 1. The molecule has 0 fully saturated rings. The third-order valence-electron chi connectivity index (χ3n) is 1.57. The van der Waals surface area contributed by atoms with E-state index in [0.717, 1.165) is 0 Å². The maximum Gasteiger partial charge on any atom is 0.314 e. The van der Waals surface area contributed by atoms with Crippen LogP contribution in [0.25, 0.3) is 0 Å². The zero-order chi connectivity index (χ0) is 9.07. The average Bonchev–Trinajstić information content (AvgIpc) is 1.89. The monoisotopic (exact) mass is 162 g/mol. The molecule has 0 atom stereocenters. The Hall–Kier alpha value is -0.610. The number of carboxylic acids is 1. The van der Waals surface area contributed by atoms with Gasteiger partial charge in [-0.15, -0.1) is 0 Å². The second-order valence-corrected chi connectivity index (χ2v) is 2.83. The Morgan fingerprint density at radius 3 is 1.82 bits per heavy atom. The molecule has 0 heterocycles. The van der Waals surface area contributed by atoms with Crippen molar-refractivity contribution in [1.29, 1.82) is 0 Å². The fourth-order valence-corrected chi connectivity index (χ4v) is 0.786. The Bertz CT molecular complexity index is 137. The van der Waals surface area contributed by atoms with Gasteiger partial charge in [-0.2, -0.15) is 0 Å². The van der Waals surface area contributed by atoms with Crippen LogP contribution >= 0.6 is 0 Å². The summed E-state index contributed by atoms with van der Waals surface area (Å²) in [5.74, 6) is -0.939. The van der Waals surface area contributed by atoms with Gasteiger partial charge in [0.15, 0.2) is 6.29 Å². The summed E-state index contributed by atoms with van der Waals surface area (Å²) in [7, 11) is 2.83. The summed E-state index contributed by atoms with van der Waals surface area (Å²) < 4.78 is 9.64. The lowest BCUT2D eigenvalue weighted by Crippen LogP contribution is -2.39. The molecule has 0 aromatic rings. The summed E-state index contributed by atoms with van der Waals surface area (Å²) in [5.41, 5.74) is -1.01. The maximum absolute atomic E-state index is 10.6. The Morgan fingerprint density at radius 2 is 1.73 bits per heavy atom. The summed E-state index contributed by atoms with van der Waals surface area (Å²) in [6.07, 6.45) is -0.708. The first-order chi connectivity index (χ1) is 4.96. The summed E-state index contributed by atoms with van der Waals surface area (Å²) >= 11 is 0. The molecule has 11 heavy (non-hydrogen) atoms. The molecule has 0 aromatic heterocycles. The topological polar surface area (TPSA) is 55.8 Å². The second kappa shape index (κ2) is 3.69. The Labute approximate surface area is 66.1 Å². The smallest absolute Gasteiger partial charge is 0.314 e. The van der Waals surface area contributed by atoms with E-state index in [2.05, 4.69) is 0 Å². The number of carboxylic acid groups (broad SMARTS) is 1. The summed E-state index contributed by atoms with van der Waals surface area (Å²) in [6, 6.07) is 0. The van der Waals surface area contributed by atoms with Crippen molar-refractivity contribution in [2.45, 2.75) is 20.1 Å². The molecule has 0 spiro atoms. The second-order valence-electron chi connectivity index (χ2n) is 2.83. The Balaban J connectivity index is 4.36. The highest BCUT2D eigenvalue weighted by molar-refractivity contribution is 5.74. The average molecular weight is 162 g/mol. The van der Waals surface area contributed by atoms with Crippen molar-refractivity contribution in [3.63, 3.8) is 0 Å². The number of carbonyl (C=O) groups is 1. The number of ether oxygens (including phenoxy) is 2. The van der Waals surface area contributed by atoms with Crippen molar-refractivity contribution < 1.29 is 19.4 Å². The first kappa shape index (κ1) is 10.4. The first-order valence-corrected chi connectivity index (χ1v) is 3.25. The molecule has 0 amide bonds. The fourth-order valence-electron chi connectivity index (χ4n) is 0.786. The molecule has 66 valence electrons. The van der Waals surface area contributed by atoms with Crippen molar-refractivity contribution in [1.82, 2.24) is 0 Å². The van der Waals surface area contributed by atoms with E-state index in [1.807, 2.05) is 0 Å². The molecular formula is C7H14O4. The van der Waals surface area contributed by atoms with Gasteiger partial charge < -0.3 is 14.6 Å². The molecule has 4 heteroatoms. The molecule has 0 rings (SSSR count). The van der Waals surface area contributed by atoms with Gasteiger partial charge in [-0.1, -0.05) is 0 Å². The fraction of sp³-hybridized carbons (Fsp3) is 0.857. The number of methoxy groups -OCH3 is 2. The van der Waals surface area contributed by atoms with E-state index in [-0.39, 0.29) is 0 Å². The van der Waals surface area contributed by atoms with Gasteiger partial charge in [-0.25, -0.2) is 0 Å². The lowest BCUT2D eigenvalue weighted by atomic mass is 9.93. The van der Waals surface area contributed by atoms with Gasteiger partial charge in [0.25, 0.3) is 0 Å². The van der Waals surface area contributed by atoms with Crippen molar-refractivity contribution >= 4 is 5.97 Å². The van der Waals surface area contributed by atoms with E-state index in [9.17, 15) is 4.79 Å². The minimum absolute atomic E-state index is 0.708. The predicted octanol–water partition coefficient (Wildman–Crippen LogP) is 0.716. The van der Waals surface area contributed by atoms with Crippen LogP contribution < -0.4 is 0 Å². The van der Waals surface area contributed by atoms with Gasteiger partial charge in [0.05, 0.1) is 0 Å². The highest BCUT2D eigenvalue weighted by Gasteiger charge is 2.37. The Morgan fingerprint density at radius 1 is 1.36 bits per heavy atom. The standard InChI is InChI=1S/C7H14O4/c1-7(2,5(8)9)6(10-3)11-4/h6H,1-4H3,(H,8,9). The minimum Gasteiger partial charge on any atom is -0.481 e. The Kier molecular flexibility index (Phi) is 3.48. The van der Waals surface area contributed by atoms with E-state index < -0.39 is 17.7 Å². The van der Waals surface area contributed by atoms with Gasteiger partial charge >= 0.3 is 5.97 Å².